The molecule has 0 spiro atoms. The summed E-state index contributed by atoms with van der Waals surface area (Å²) in [5, 5.41) is 16.8. The van der Waals surface area contributed by atoms with Crippen LogP contribution in [0.15, 0.2) is 24.3 Å². The number of aromatic nitrogens is 2. The molecule has 0 aliphatic carbocycles. The average molecular weight is 305 g/mol. The summed E-state index contributed by atoms with van der Waals surface area (Å²) in [4.78, 5) is 25.6. The summed E-state index contributed by atoms with van der Waals surface area (Å²) >= 11 is 1.50. The molecule has 3 rings (SSSR count). The summed E-state index contributed by atoms with van der Waals surface area (Å²) in [5.41, 5.74) is 1.06. The molecule has 0 bridgehead atoms. The summed E-state index contributed by atoms with van der Waals surface area (Å²) in [6, 6.07) is 6.55. The number of rotatable bonds is 3. The van der Waals surface area contributed by atoms with E-state index in [-0.39, 0.29) is 17.0 Å². The van der Waals surface area contributed by atoms with Crippen LogP contribution in [0.2, 0.25) is 0 Å². The van der Waals surface area contributed by atoms with Gasteiger partial charge in [-0.3, -0.25) is 9.89 Å². The number of thioether (sulfide) groups is 1. The maximum absolute atomic E-state index is 12.8. The Morgan fingerprint density at radius 2 is 2.24 bits per heavy atom. The van der Waals surface area contributed by atoms with Crippen molar-refractivity contribution >= 4 is 34.5 Å². The maximum Gasteiger partial charge on any atom is 0.327 e. The minimum absolute atomic E-state index is 0.117. The quantitative estimate of drug-likeness (QED) is 0.905. The number of hydrogen-bond donors (Lipinski definition) is 2. The van der Waals surface area contributed by atoms with E-state index in [2.05, 4.69) is 10.2 Å². The highest BCUT2D eigenvalue weighted by Gasteiger charge is 2.42. The van der Waals surface area contributed by atoms with Crippen LogP contribution in [0.3, 0.4) is 0 Å². The first-order valence-electron chi connectivity index (χ1n) is 6.73. The lowest BCUT2D eigenvalue weighted by Gasteiger charge is -2.25. The van der Waals surface area contributed by atoms with Crippen LogP contribution in [0.4, 0.5) is 0 Å². The number of fused-ring (bicyclic) bond motifs is 1. The molecule has 7 heteroatoms. The lowest BCUT2D eigenvalue weighted by molar-refractivity contribution is -0.141. The van der Waals surface area contributed by atoms with Crippen molar-refractivity contribution in [3.63, 3.8) is 0 Å². The van der Waals surface area contributed by atoms with E-state index in [0.717, 1.165) is 10.9 Å². The molecule has 0 saturated carbocycles. The van der Waals surface area contributed by atoms with Crippen molar-refractivity contribution in [3.05, 3.63) is 30.0 Å². The largest absolute Gasteiger partial charge is 0.480 e. The first-order valence-corrected chi connectivity index (χ1v) is 7.78. The van der Waals surface area contributed by atoms with Crippen molar-refractivity contribution < 1.29 is 14.7 Å². The Morgan fingerprint density at radius 1 is 1.48 bits per heavy atom. The van der Waals surface area contributed by atoms with Crippen LogP contribution in [-0.2, 0) is 4.79 Å². The minimum Gasteiger partial charge on any atom is -0.480 e. The van der Waals surface area contributed by atoms with E-state index >= 15 is 0 Å². The molecule has 1 aromatic carbocycles. The number of carboxylic acid groups (broad SMARTS) is 1. The van der Waals surface area contributed by atoms with Crippen LogP contribution in [0.5, 0.6) is 0 Å². The second kappa shape index (κ2) is 5.40. The monoisotopic (exact) mass is 305 g/mol. The van der Waals surface area contributed by atoms with E-state index in [1.807, 2.05) is 31.2 Å². The van der Waals surface area contributed by atoms with Gasteiger partial charge in [0.25, 0.3) is 5.91 Å². The highest BCUT2D eigenvalue weighted by Crippen LogP contribution is 2.33. The summed E-state index contributed by atoms with van der Waals surface area (Å²) in [6.07, 6.45) is 0.711. The maximum atomic E-state index is 12.8. The number of amides is 1. The van der Waals surface area contributed by atoms with Crippen molar-refractivity contribution in [1.82, 2.24) is 15.1 Å². The number of nitrogens with one attached hydrogen (secondary N) is 1. The zero-order chi connectivity index (χ0) is 15.0. The van der Waals surface area contributed by atoms with E-state index in [9.17, 15) is 14.7 Å². The van der Waals surface area contributed by atoms with E-state index in [1.54, 1.807) is 0 Å². The third kappa shape index (κ3) is 2.27. The number of aromatic amines is 1. The fraction of sp³-hybridized carbons (Fsp3) is 0.357. The smallest absolute Gasteiger partial charge is 0.327 e. The molecule has 6 nitrogen and oxygen atoms in total. The van der Waals surface area contributed by atoms with E-state index in [1.165, 1.54) is 16.7 Å². The molecule has 110 valence electrons. The highest BCUT2D eigenvalue weighted by atomic mass is 32.2. The van der Waals surface area contributed by atoms with Gasteiger partial charge in [0.05, 0.1) is 10.9 Å². The van der Waals surface area contributed by atoms with Gasteiger partial charge in [-0.15, -0.1) is 11.8 Å². The van der Waals surface area contributed by atoms with Crippen molar-refractivity contribution in [2.45, 2.75) is 24.8 Å². The predicted octanol–water partition coefficient (Wildman–Crippen LogP) is 1.94. The van der Waals surface area contributed by atoms with Gasteiger partial charge in [-0.1, -0.05) is 25.1 Å². The lowest BCUT2D eigenvalue weighted by Crippen LogP contribution is -2.45. The van der Waals surface area contributed by atoms with Gasteiger partial charge in [0.2, 0.25) is 0 Å². The van der Waals surface area contributed by atoms with Gasteiger partial charge in [0.15, 0.2) is 5.69 Å². The highest BCUT2D eigenvalue weighted by molar-refractivity contribution is 8.00. The second-order valence-electron chi connectivity index (χ2n) is 4.88. The molecule has 1 aromatic heterocycles. The first-order chi connectivity index (χ1) is 10.1. The molecule has 1 aliphatic rings. The molecule has 2 aromatic rings. The Hall–Kier alpha value is -2.02. The number of benzene rings is 1. The van der Waals surface area contributed by atoms with E-state index in [4.69, 9.17) is 0 Å². The van der Waals surface area contributed by atoms with Crippen LogP contribution in [0.25, 0.3) is 10.9 Å². The number of H-pyrrole nitrogens is 1. The number of aliphatic carboxylic acids is 1. The lowest BCUT2D eigenvalue weighted by atomic mass is 10.1. The van der Waals surface area contributed by atoms with Crippen LogP contribution in [-0.4, -0.2) is 49.2 Å². The molecule has 1 amide bonds. The molecule has 2 N–H and O–H groups in total. The molecule has 1 aliphatic heterocycles. The van der Waals surface area contributed by atoms with Gasteiger partial charge >= 0.3 is 5.97 Å². The summed E-state index contributed by atoms with van der Waals surface area (Å²) in [5.74, 6) is -0.870. The number of carbonyl (C=O) groups excluding carboxylic acids is 1. The Balaban J connectivity index is 2.01. The minimum atomic E-state index is -0.966. The summed E-state index contributed by atoms with van der Waals surface area (Å²) in [7, 11) is 0. The zero-order valence-corrected chi connectivity index (χ0v) is 12.3. The molecule has 0 radical (unpaired) electrons. The Kier molecular flexibility index (Phi) is 3.59. The Bertz CT molecular complexity index is 700. The number of para-hydroxylation sites is 1. The van der Waals surface area contributed by atoms with Crippen molar-refractivity contribution in [2.24, 2.45) is 0 Å². The van der Waals surface area contributed by atoms with Crippen LogP contribution < -0.4 is 0 Å². The first kappa shape index (κ1) is 13.9. The van der Waals surface area contributed by atoms with Gasteiger partial charge < -0.3 is 10.0 Å². The third-order valence-corrected chi connectivity index (χ3v) is 5.09. The molecule has 2 unspecified atom stereocenters. The molecule has 1 fully saturated rings. The van der Waals surface area contributed by atoms with Crippen LogP contribution >= 0.6 is 11.8 Å². The summed E-state index contributed by atoms with van der Waals surface area (Å²) in [6.45, 7) is 1.95. The molecule has 2 heterocycles. The second-order valence-corrected chi connectivity index (χ2v) is 6.09. The van der Waals surface area contributed by atoms with Gasteiger partial charge in [0, 0.05) is 11.1 Å². The fourth-order valence-corrected chi connectivity index (χ4v) is 3.94. The number of carboxylic acids is 1. The number of hydrogen-bond acceptors (Lipinski definition) is 4. The molecular weight excluding hydrogens is 290 g/mol. The van der Waals surface area contributed by atoms with E-state index < -0.39 is 12.0 Å². The SMILES string of the molecule is CCC1SCC(C(=O)O)N1C(=O)c1n[nH]c2ccccc12. The number of nitrogens with zero attached hydrogens (tertiary/aromatic N) is 2. The molecule has 21 heavy (non-hydrogen) atoms. The Labute approximate surface area is 125 Å². The predicted molar refractivity (Wildman–Crippen MR) is 80.2 cm³/mol. The van der Waals surface area contributed by atoms with Crippen molar-refractivity contribution in [2.75, 3.05) is 5.75 Å². The molecular formula is C14H15N3O3S. The average Bonchev–Trinajstić information content (AvgIpc) is 3.10. The van der Waals surface area contributed by atoms with Crippen LogP contribution in [0.1, 0.15) is 23.8 Å². The van der Waals surface area contributed by atoms with Crippen molar-refractivity contribution in [3.8, 4) is 0 Å². The topological polar surface area (TPSA) is 86.3 Å². The summed E-state index contributed by atoms with van der Waals surface area (Å²) < 4.78 is 0. The Morgan fingerprint density at radius 3 is 2.95 bits per heavy atom. The fourth-order valence-electron chi connectivity index (χ4n) is 2.59. The van der Waals surface area contributed by atoms with Crippen molar-refractivity contribution in [1.29, 1.82) is 0 Å². The standard InChI is InChI=1S/C14H15N3O3S/c1-2-11-17(10(7-21-11)14(19)20)13(18)12-8-5-3-4-6-9(8)15-16-12/h3-6,10-11H,2,7H2,1H3,(H,15,16)(H,19,20). The van der Waals surface area contributed by atoms with Gasteiger partial charge in [-0.2, -0.15) is 5.10 Å². The number of carbonyl (C=O) groups is 2. The van der Waals surface area contributed by atoms with Gasteiger partial charge in [0.1, 0.15) is 6.04 Å². The normalized spacial score (nSPS) is 21.9. The van der Waals surface area contributed by atoms with Gasteiger partial charge in [-0.05, 0) is 12.5 Å². The zero-order valence-electron chi connectivity index (χ0n) is 11.4. The van der Waals surface area contributed by atoms with Gasteiger partial charge in [-0.25, -0.2) is 4.79 Å². The third-order valence-electron chi connectivity index (χ3n) is 3.63. The van der Waals surface area contributed by atoms with E-state index in [0.29, 0.717) is 12.2 Å². The molecule has 1 saturated heterocycles. The molecule has 2 atom stereocenters. The van der Waals surface area contributed by atoms with Crippen LogP contribution in [0, 0.1) is 0 Å².